The van der Waals surface area contributed by atoms with Gasteiger partial charge in [0.2, 0.25) is 0 Å². The third kappa shape index (κ3) is 65.7. The zero-order valence-electron chi connectivity index (χ0n) is 4.89. The standard InChI is InChI=1S/C2H6.CH4N.U.2V/c2*1-2;;;/h1-2H3;2H,1H3;;;/q;-1;;;. The summed E-state index contributed by atoms with van der Waals surface area (Å²) in [6, 6.07) is 0. The molecule has 0 aromatic carbocycles. The van der Waals surface area contributed by atoms with Crippen molar-refractivity contribution in [2.45, 2.75) is 13.8 Å². The molecule has 0 rings (SSSR count). The molecule has 0 aliphatic carbocycles. The summed E-state index contributed by atoms with van der Waals surface area (Å²) in [5.41, 5.74) is 5.75. The van der Waals surface area contributed by atoms with Gasteiger partial charge in [0, 0.05) is 68.2 Å². The molecular formula is C3H10NUV2-. The first-order valence-corrected chi connectivity index (χ1v) is 1.50. The maximum atomic E-state index is 5.75. The molecule has 1 N–H and O–H groups in total. The minimum Gasteiger partial charge on any atom is -0.680 e. The van der Waals surface area contributed by atoms with Gasteiger partial charge in [-0.3, -0.25) is 0 Å². The van der Waals surface area contributed by atoms with Crippen LogP contribution >= 0.6 is 0 Å². The van der Waals surface area contributed by atoms with Crippen LogP contribution in [0.15, 0.2) is 0 Å². The van der Waals surface area contributed by atoms with Crippen molar-refractivity contribution in [1.29, 1.82) is 0 Å². The van der Waals surface area contributed by atoms with E-state index < -0.39 is 0 Å². The molecule has 0 aliphatic heterocycles. The van der Waals surface area contributed by atoms with Crippen molar-refractivity contribution in [3.8, 4) is 0 Å². The van der Waals surface area contributed by atoms with Crippen LogP contribution in [0, 0.1) is 31.1 Å². The summed E-state index contributed by atoms with van der Waals surface area (Å²) in [5, 5.41) is 0. The Hall–Kier alpha value is 2.18. The van der Waals surface area contributed by atoms with Crippen LogP contribution in [-0.2, 0) is 37.1 Å². The Morgan fingerprint density at radius 2 is 0.857 bits per heavy atom. The number of hydrogen-bond acceptors (Lipinski definition) is 0. The van der Waals surface area contributed by atoms with Crippen molar-refractivity contribution in [1.82, 2.24) is 0 Å². The third-order valence-corrected chi connectivity index (χ3v) is 0. The van der Waals surface area contributed by atoms with Crippen molar-refractivity contribution in [3.05, 3.63) is 5.73 Å². The van der Waals surface area contributed by atoms with Crippen molar-refractivity contribution >= 4 is 0 Å². The molecule has 0 unspecified atom stereocenters. The Labute approximate surface area is 93.7 Å². The average Bonchev–Trinajstić information content (AvgIpc) is 1.50. The molecule has 0 spiro atoms. The Balaban J connectivity index is -0.00000000267. The Bertz CT molecular complexity index is 12.9. The number of rotatable bonds is 0. The normalized spacial score (nSPS) is 1.71. The largest absolute Gasteiger partial charge is 0.680 e. The molecule has 0 heterocycles. The van der Waals surface area contributed by atoms with E-state index in [4.69, 9.17) is 5.73 Å². The molecule has 0 fully saturated rings. The SMILES string of the molecule is CC.C[NH-].[U].[V].[V]. The van der Waals surface area contributed by atoms with Crippen LogP contribution in [0.3, 0.4) is 0 Å². The van der Waals surface area contributed by atoms with Gasteiger partial charge in [0.05, 0.1) is 0 Å². The molecule has 4 heteroatoms. The van der Waals surface area contributed by atoms with Crippen LogP contribution in [0.4, 0.5) is 0 Å². The minimum atomic E-state index is 0. The molecule has 0 aliphatic rings. The quantitative estimate of drug-likeness (QED) is 0.592. The molecule has 0 saturated heterocycles. The summed E-state index contributed by atoms with van der Waals surface area (Å²) in [4.78, 5) is 0. The summed E-state index contributed by atoms with van der Waals surface area (Å²) in [6.07, 6.45) is 0. The van der Waals surface area contributed by atoms with Gasteiger partial charge >= 0.3 is 0 Å². The van der Waals surface area contributed by atoms with Crippen molar-refractivity contribution in [2.75, 3.05) is 7.05 Å². The molecular weight excluding hydrogens is 390 g/mol. The molecule has 0 aromatic heterocycles. The van der Waals surface area contributed by atoms with E-state index in [0.29, 0.717) is 0 Å². The Morgan fingerprint density at radius 1 is 0.857 bits per heavy atom. The van der Waals surface area contributed by atoms with Crippen LogP contribution in [0.25, 0.3) is 5.73 Å². The van der Waals surface area contributed by atoms with Crippen LogP contribution in [0.1, 0.15) is 13.8 Å². The molecule has 0 saturated carbocycles. The smallest absolute Gasteiger partial charge is 0 e. The summed E-state index contributed by atoms with van der Waals surface area (Å²) in [5.74, 6) is 0. The first-order chi connectivity index (χ1) is 2.00. The predicted molar refractivity (Wildman–Crippen MR) is 21.6 cm³/mol. The fraction of sp³-hybridized carbons (Fsp3) is 1.00. The van der Waals surface area contributed by atoms with Crippen molar-refractivity contribution in [3.63, 3.8) is 0 Å². The summed E-state index contributed by atoms with van der Waals surface area (Å²) < 4.78 is 0. The average molecular weight is 400 g/mol. The van der Waals surface area contributed by atoms with Crippen LogP contribution in [0.5, 0.6) is 0 Å². The second kappa shape index (κ2) is 88.7. The van der Waals surface area contributed by atoms with Crippen LogP contribution in [-0.4, -0.2) is 7.05 Å². The molecule has 2 radical (unpaired) electrons. The van der Waals surface area contributed by atoms with Gasteiger partial charge in [-0.2, -0.15) is 7.05 Å². The van der Waals surface area contributed by atoms with E-state index in [0.717, 1.165) is 0 Å². The van der Waals surface area contributed by atoms with Gasteiger partial charge in [0.15, 0.2) is 0 Å². The zero-order valence-corrected chi connectivity index (χ0v) is 11.9. The maximum absolute atomic E-state index is 5.75. The van der Waals surface area contributed by atoms with E-state index in [1.165, 1.54) is 7.05 Å². The van der Waals surface area contributed by atoms with E-state index in [2.05, 4.69) is 0 Å². The second-order valence-corrected chi connectivity index (χ2v) is 0. The molecule has 0 amide bonds. The fourth-order valence-corrected chi connectivity index (χ4v) is 0. The molecule has 7 heavy (non-hydrogen) atoms. The predicted octanol–water partition coefficient (Wildman–Crippen LogP) is 1.69. The van der Waals surface area contributed by atoms with Crippen LogP contribution in [0.2, 0.25) is 0 Å². The first-order valence-electron chi connectivity index (χ1n) is 1.50. The second-order valence-electron chi connectivity index (χ2n) is 0. The number of hydrogen-bond donors (Lipinski definition) is 0. The van der Waals surface area contributed by atoms with Gasteiger partial charge in [0.25, 0.3) is 0 Å². The van der Waals surface area contributed by atoms with E-state index in [1.54, 1.807) is 0 Å². The summed E-state index contributed by atoms with van der Waals surface area (Å²) >= 11 is 0. The third-order valence-electron chi connectivity index (χ3n) is 0. The maximum Gasteiger partial charge on any atom is 0 e. The van der Waals surface area contributed by atoms with Gasteiger partial charge < -0.3 is 5.73 Å². The van der Waals surface area contributed by atoms with Gasteiger partial charge in [-0.1, -0.05) is 13.8 Å². The van der Waals surface area contributed by atoms with E-state index in [1.807, 2.05) is 13.8 Å². The van der Waals surface area contributed by atoms with E-state index in [9.17, 15) is 0 Å². The van der Waals surface area contributed by atoms with Gasteiger partial charge in [-0.15, -0.1) is 0 Å². The topological polar surface area (TPSA) is 23.8 Å². The monoisotopic (exact) mass is 400 g/mol. The first kappa shape index (κ1) is 35.2. The molecule has 1 nitrogen and oxygen atoms in total. The Morgan fingerprint density at radius 3 is 0.857 bits per heavy atom. The molecule has 0 bridgehead atoms. The Kier molecular flexibility index (Phi) is 445. The number of nitrogens with one attached hydrogen (secondary N) is 1. The zero-order chi connectivity index (χ0) is 4.00. The van der Waals surface area contributed by atoms with Crippen molar-refractivity contribution < 1.29 is 68.2 Å². The van der Waals surface area contributed by atoms with Crippen molar-refractivity contribution in [2.24, 2.45) is 0 Å². The van der Waals surface area contributed by atoms with E-state index in [-0.39, 0.29) is 68.2 Å². The van der Waals surface area contributed by atoms with Gasteiger partial charge in [-0.05, 0) is 0 Å². The molecule has 0 aromatic rings. The van der Waals surface area contributed by atoms with Crippen LogP contribution < -0.4 is 0 Å². The minimum absolute atomic E-state index is 0. The summed E-state index contributed by atoms with van der Waals surface area (Å²) in [6.45, 7) is 4.00. The fourth-order valence-electron chi connectivity index (χ4n) is 0. The van der Waals surface area contributed by atoms with E-state index >= 15 is 0 Å². The van der Waals surface area contributed by atoms with Gasteiger partial charge in [-0.25, -0.2) is 0 Å². The van der Waals surface area contributed by atoms with Gasteiger partial charge in [0.1, 0.15) is 0 Å². The summed E-state index contributed by atoms with van der Waals surface area (Å²) in [7, 11) is 1.25. The molecule has 42 valence electrons. The molecule has 0 atom stereocenters.